The molecular weight excluding hydrogens is 132 g/mol. The Morgan fingerprint density at radius 1 is 1.70 bits per heavy atom. The highest BCUT2D eigenvalue weighted by molar-refractivity contribution is 5.57. The van der Waals surface area contributed by atoms with Crippen molar-refractivity contribution in [2.45, 2.75) is 6.23 Å². The lowest BCUT2D eigenvalue weighted by Gasteiger charge is -2.17. The van der Waals surface area contributed by atoms with Gasteiger partial charge >= 0.3 is 0 Å². The monoisotopic (exact) mass is 142 g/mol. The lowest BCUT2D eigenvalue weighted by Crippen LogP contribution is -2.30. The minimum atomic E-state index is -0.740. The van der Waals surface area contributed by atoms with E-state index in [4.69, 9.17) is 10.2 Å². The lowest BCUT2D eigenvalue weighted by molar-refractivity contribution is 0.106. The maximum atomic E-state index is 9.14. The zero-order chi connectivity index (χ0) is 7.40. The van der Waals surface area contributed by atoms with Crippen molar-refractivity contribution in [3.8, 4) is 0 Å². The van der Waals surface area contributed by atoms with Crippen molar-refractivity contribution in [3.05, 3.63) is 12.3 Å². The van der Waals surface area contributed by atoms with E-state index in [9.17, 15) is 0 Å². The molecule has 1 aliphatic heterocycles. The molecule has 0 amide bonds. The summed E-state index contributed by atoms with van der Waals surface area (Å²) in [7, 11) is 0. The van der Waals surface area contributed by atoms with Crippen LogP contribution in [0.5, 0.6) is 0 Å². The molecule has 1 atom stereocenters. The van der Waals surface area contributed by atoms with Gasteiger partial charge in [-0.15, -0.1) is 0 Å². The summed E-state index contributed by atoms with van der Waals surface area (Å²) in [6.45, 7) is 1.43. The molecule has 0 aromatic carbocycles. The molecule has 0 bridgehead atoms. The number of aliphatic hydroxyl groups excluding tert-OH is 2. The van der Waals surface area contributed by atoms with Crippen molar-refractivity contribution < 1.29 is 10.2 Å². The van der Waals surface area contributed by atoms with E-state index in [1.165, 1.54) is 6.08 Å². The fraction of sp³-hybridized carbons (Fsp3) is 0.500. The predicted molar refractivity (Wildman–Crippen MR) is 37.8 cm³/mol. The second-order valence-corrected chi connectivity index (χ2v) is 2.01. The average molecular weight is 142 g/mol. The van der Waals surface area contributed by atoms with Crippen LogP contribution in [-0.2, 0) is 0 Å². The van der Waals surface area contributed by atoms with E-state index in [0.29, 0.717) is 6.54 Å². The summed E-state index contributed by atoms with van der Waals surface area (Å²) in [4.78, 5) is 5.53. The first-order chi connectivity index (χ1) is 4.84. The maximum Gasteiger partial charge on any atom is 0.150 e. The first-order valence-corrected chi connectivity index (χ1v) is 3.09. The second-order valence-electron chi connectivity index (χ2n) is 2.01. The van der Waals surface area contributed by atoms with Crippen molar-refractivity contribution in [2.75, 3.05) is 13.1 Å². The lowest BCUT2D eigenvalue weighted by atomic mass is 10.4. The van der Waals surface area contributed by atoms with Crippen LogP contribution in [-0.4, -0.2) is 40.8 Å². The summed E-state index contributed by atoms with van der Waals surface area (Å²) in [5, 5.41) is 17.4. The third-order valence-corrected chi connectivity index (χ3v) is 1.32. The van der Waals surface area contributed by atoms with Gasteiger partial charge in [-0.1, -0.05) is 0 Å². The van der Waals surface area contributed by atoms with Crippen LogP contribution in [0.15, 0.2) is 17.3 Å². The molecule has 4 nitrogen and oxygen atoms in total. The average Bonchev–Trinajstić information content (AvgIpc) is 2.38. The minimum absolute atomic E-state index is 0.714. The van der Waals surface area contributed by atoms with Crippen molar-refractivity contribution >= 4 is 6.34 Å². The van der Waals surface area contributed by atoms with Gasteiger partial charge in [0.05, 0.1) is 19.1 Å². The van der Waals surface area contributed by atoms with E-state index in [-0.39, 0.29) is 0 Å². The molecule has 10 heavy (non-hydrogen) atoms. The van der Waals surface area contributed by atoms with Gasteiger partial charge in [0.1, 0.15) is 6.23 Å². The standard InChI is InChI=1S/C6H10N2O2/c9-4-1-6(10)8-3-2-7-5-8/h1,4-6,9-10H,2-3H2. The molecule has 0 saturated carbocycles. The Morgan fingerprint density at radius 2 is 2.50 bits per heavy atom. The van der Waals surface area contributed by atoms with Crippen molar-refractivity contribution in [1.82, 2.24) is 4.90 Å². The zero-order valence-electron chi connectivity index (χ0n) is 5.51. The second kappa shape index (κ2) is 3.22. The molecule has 4 heteroatoms. The molecule has 2 N–H and O–H groups in total. The quantitative estimate of drug-likeness (QED) is 0.521. The summed E-state index contributed by atoms with van der Waals surface area (Å²) in [6, 6.07) is 0. The summed E-state index contributed by atoms with van der Waals surface area (Å²) in [5.74, 6) is 0. The number of hydrogen-bond acceptors (Lipinski definition) is 4. The van der Waals surface area contributed by atoms with Crippen LogP contribution in [0.1, 0.15) is 0 Å². The first kappa shape index (κ1) is 7.08. The molecule has 1 unspecified atom stereocenters. The number of aliphatic hydroxyl groups is 2. The van der Waals surface area contributed by atoms with E-state index in [0.717, 1.165) is 12.8 Å². The SMILES string of the molecule is OC=CC(O)N1C=NCC1. The van der Waals surface area contributed by atoms with Gasteiger partial charge in [0, 0.05) is 6.54 Å². The maximum absolute atomic E-state index is 9.14. The molecule has 0 aromatic heterocycles. The Balaban J connectivity index is 2.40. The Hall–Kier alpha value is -1.03. The highest BCUT2D eigenvalue weighted by Gasteiger charge is 2.11. The summed E-state index contributed by atoms with van der Waals surface area (Å²) >= 11 is 0. The zero-order valence-corrected chi connectivity index (χ0v) is 5.51. The van der Waals surface area contributed by atoms with Gasteiger partial charge in [-0.25, -0.2) is 0 Å². The molecule has 0 aromatic rings. The molecular formula is C6H10N2O2. The van der Waals surface area contributed by atoms with Gasteiger partial charge in [0.2, 0.25) is 0 Å². The van der Waals surface area contributed by atoms with Crippen molar-refractivity contribution in [3.63, 3.8) is 0 Å². The predicted octanol–water partition coefficient (Wildman–Crippen LogP) is -0.280. The number of aliphatic imine (C=N–C) groups is 1. The van der Waals surface area contributed by atoms with E-state index in [1.54, 1.807) is 11.2 Å². The Labute approximate surface area is 59.1 Å². The third-order valence-electron chi connectivity index (χ3n) is 1.32. The van der Waals surface area contributed by atoms with Gasteiger partial charge in [0.15, 0.2) is 0 Å². The molecule has 0 saturated heterocycles. The van der Waals surface area contributed by atoms with Crippen molar-refractivity contribution in [1.29, 1.82) is 0 Å². The topological polar surface area (TPSA) is 56.1 Å². The van der Waals surface area contributed by atoms with Gasteiger partial charge in [0.25, 0.3) is 0 Å². The van der Waals surface area contributed by atoms with Gasteiger partial charge in [-0.2, -0.15) is 0 Å². The van der Waals surface area contributed by atoms with Crippen LogP contribution in [0.3, 0.4) is 0 Å². The van der Waals surface area contributed by atoms with E-state index in [2.05, 4.69) is 4.99 Å². The number of hydrogen-bond donors (Lipinski definition) is 2. The molecule has 0 spiro atoms. The smallest absolute Gasteiger partial charge is 0.150 e. The Morgan fingerprint density at radius 3 is 3.00 bits per heavy atom. The molecule has 1 rings (SSSR count). The largest absolute Gasteiger partial charge is 0.516 e. The van der Waals surface area contributed by atoms with Crippen LogP contribution in [0.4, 0.5) is 0 Å². The van der Waals surface area contributed by atoms with Crippen LogP contribution < -0.4 is 0 Å². The van der Waals surface area contributed by atoms with E-state index in [1.807, 2.05) is 0 Å². The van der Waals surface area contributed by atoms with Gasteiger partial charge in [-0.05, 0) is 6.08 Å². The summed E-state index contributed by atoms with van der Waals surface area (Å²) in [5.41, 5.74) is 0. The van der Waals surface area contributed by atoms with Gasteiger partial charge in [-0.3, -0.25) is 4.99 Å². The van der Waals surface area contributed by atoms with Crippen LogP contribution in [0.25, 0.3) is 0 Å². The first-order valence-electron chi connectivity index (χ1n) is 3.09. The summed E-state index contributed by atoms with van der Waals surface area (Å²) < 4.78 is 0. The molecule has 1 aliphatic rings. The number of nitrogens with zero attached hydrogens (tertiary/aromatic N) is 2. The molecule has 0 fully saturated rings. The van der Waals surface area contributed by atoms with Gasteiger partial charge < -0.3 is 15.1 Å². The van der Waals surface area contributed by atoms with E-state index >= 15 is 0 Å². The fourth-order valence-electron chi connectivity index (χ4n) is 0.782. The fourth-order valence-corrected chi connectivity index (χ4v) is 0.782. The Bertz CT molecular complexity index is 156. The number of rotatable bonds is 2. The normalized spacial score (nSPS) is 20.7. The highest BCUT2D eigenvalue weighted by atomic mass is 16.3. The molecule has 0 aliphatic carbocycles. The molecule has 56 valence electrons. The summed E-state index contributed by atoms with van der Waals surface area (Å²) in [6.07, 6.45) is 2.95. The molecule has 1 heterocycles. The highest BCUT2D eigenvalue weighted by Crippen LogP contribution is 1.99. The Kier molecular flexibility index (Phi) is 2.28. The molecule has 0 radical (unpaired) electrons. The van der Waals surface area contributed by atoms with Crippen LogP contribution in [0.2, 0.25) is 0 Å². The van der Waals surface area contributed by atoms with E-state index < -0.39 is 6.23 Å². The third kappa shape index (κ3) is 1.48. The van der Waals surface area contributed by atoms with Crippen LogP contribution in [0, 0.1) is 0 Å². The van der Waals surface area contributed by atoms with Crippen molar-refractivity contribution in [2.24, 2.45) is 4.99 Å². The van der Waals surface area contributed by atoms with Crippen LogP contribution >= 0.6 is 0 Å². The minimum Gasteiger partial charge on any atom is -0.516 e.